The van der Waals surface area contributed by atoms with E-state index in [-0.39, 0.29) is 18.2 Å². The van der Waals surface area contributed by atoms with Gasteiger partial charge in [-0.25, -0.2) is 9.37 Å². The fourth-order valence-electron chi connectivity index (χ4n) is 1.35. The minimum atomic E-state index is -0.390. The van der Waals surface area contributed by atoms with E-state index in [1.165, 1.54) is 12.1 Å². The minimum absolute atomic E-state index is 0.0823. The quantitative estimate of drug-likeness (QED) is 0.837. The molecular weight excluding hydrogens is 223 g/mol. The number of carbonyl (C=O) groups is 1. The van der Waals surface area contributed by atoms with Crippen LogP contribution in [-0.4, -0.2) is 21.1 Å². The van der Waals surface area contributed by atoms with Crippen LogP contribution in [0.15, 0.2) is 24.3 Å². The molecule has 88 valence electrons. The predicted molar refractivity (Wildman–Crippen MR) is 58.7 cm³/mol. The first-order valence-corrected chi connectivity index (χ1v) is 5.07. The summed E-state index contributed by atoms with van der Waals surface area (Å²) in [7, 11) is 0. The van der Waals surface area contributed by atoms with Crippen LogP contribution in [0.5, 0.6) is 0 Å². The second-order valence-corrected chi connectivity index (χ2v) is 3.56. The van der Waals surface area contributed by atoms with Gasteiger partial charge in [0.25, 0.3) is 5.91 Å². The number of nitrogens with zero attached hydrogens (tertiary/aromatic N) is 2. The average Bonchev–Trinajstić information content (AvgIpc) is 2.73. The van der Waals surface area contributed by atoms with Gasteiger partial charge in [0.15, 0.2) is 0 Å². The monoisotopic (exact) mass is 234 g/mol. The number of rotatable bonds is 3. The molecule has 0 aliphatic rings. The molecule has 2 aromatic rings. The molecule has 0 atom stereocenters. The van der Waals surface area contributed by atoms with Crippen LogP contribution >= 0.6 is 0 Å². The van der Waals surface area contributed by atoms with Crippen LogP contribution in [0, 0.1) is 12.7 Å². The second-order valence-electron chi connectivity index (χ2n) is 3.56. The molecule has 0 spiro atoms. The maximum atomic E-state index is 12.9. The van der Waals surface area contributed by atoms with Gasteiger partial charge >= 0.3 is 0 Å². The summed E-state index contributed by atoms with van der Waals surface area (Å²) in [6.07, 6.45) is 0. The van der Waals surface area contributed by atoms with Crippen LogP contribution < -0.4 is 5.32 Å². The normalized spacial score (nSPS) is 10.2. The second kappa shape index (κ2) is 4.73. The van der Waals surface area contributed by atoms with Crippen molar-refractivity contribution in [1.29, 1.82) is 0 Å². The zero-order chi connectivity index (χ0) is 12.3. The van der Waals surface area contributed by atoms with Crippen molar-refractivity contribution in [3.05, 3.63) is 47.3 Å². The SMILES string of the molecule is Cc1nc(C(=O)NCc2cccc(F)c2)n[nH]1. The lowest BCUT2D eigenvalue weighted by Gasteiger charge is -2.02. The van der Waals surface area contributed by atoms with Crippen molar-refractivity contribution in [2.45, 2.75) is 13.5 Å². The van der Waals surface area contributed by atoms with E-state index in [2.05, 4.69) is 20.5 Å². The number of aromatic nitrogens is 3. The van der Waals surface area contributed by atoms with Gasteiger partial charge < -0.3 is 5.32 Å². The van der Waals surface area contributed by atoms with Crippen molar-refractivity contribution in [3.63, 3.8) is 0 Å². The minimum Gasteiger partial charge on any atom is -0.345 e. The summed E-state index contributed by atoms with van der Waals surface area (Å²) in [5.41, 5.74) is 0.686. The standard InChI is InChI=1S/C11H11FN4O/c1-7-14-10(16-15-7)11(17)13-6-8-3-2-4-9(12)5-8/h2-5H,6H2,1H3,(H,13,17)(H,14,15,16). The third-order valence-electron chi connectivity index (χ3n) is 2.14. The lowest BCUT2D eigenvalue weighted by Crippen LogP contribution is -2.24. The predicted octanol–water partition coefficient (Wildman–Crippen LogP) is 1.18. The largest absolute Gasteiger partial charge is 0.345 e. The van der Waals surface area contributed by atoms with E-state index < -0.39 is 5.91 Å². The molecule has 17 heavy (non-hydrogen) atoms. The zero-order valence-corrected chi connectivity index (χ0v) is 9.20. The van der Waals surface area contributed by atoms with Gasteiger partial charge in [0, 0.05) is 6.54 Å². The van der Waals surface area contributed by atoms with Gasteiger partial charge in [0.2, 0.25) is 5.82 Å². The topological polar surface area (TPSA) is 70.7 Å². The van der Waals surface area contributed by atoms with E-state index in [0.717, 1.165) is 0 Å². The van der Waals surface area contributed by atoms with E-state index in [4.69, 9.17) is 0 Å². The van der Waals surface area contributed by atoms with Crippen molar-refractivity contribution >= 4 is 5.91 Å². The maximum absolute atomic E-state index is 12.9. The van der Waals surface area contributed by atoms with Gasteiger partial charge in [-0.1, -0.05) is 12.1 Å². The summed E-state index contributed by atoms with van der Waals surface area (Å²) in [6.45, 7) is 1.94. The van der Waals surface area contributed by atoms with Gasteiger partial charge in [0.05, 0.1) is 0 Å². The fraction of sp³-hybridized carbons (Fsp3) is 0.182. The molecule has 0 aliphatic heterocycles. The molecule has 2 rings (SSSR count). The number of benzene rings is 1. The Morgan fingerprint density at radius 1 is 1.53 bits per heavy atom. The van der Waals surface area contributed by atoms with Crippen LogP contribution in [0.1, 0.15) is 22.0 Å². The number of amides is 1. The number of halogens is 1. The first-order chi connectivity index (χ1) is 8.15. The lowest BCUT2D eigenvalue weighted by molar-refractivity contribution is 0.0941. The van der Waals surface area contributed by atoms with Crippen LogP contribution in [0.4, 0.5) is 4.39 Å². The average molecular weight is 234 g/mol. The van der Waals surface area contributed by atoms with Crippen LogP contribution in [-0.2, 0) is 6.54 Å². The number of nitrogens with one attached hydrogen (secondary N) is 2. The molecule has 1 aromatic carbocycles. The van der Waals surface area contributed by atoms with E-state index in [1.807, 2.05) is 0 Å². The van der Waals surface area contributed by atoms with Gasteiger partial charge in [-0.2, -0.15) is 0 Å². The van der Waals surface area contributed by atoms with Crippen molar-refractivity contribution in [3.8, 4) is 0 Å². The smallest absolute Gasteiger partial charge is 0.291 e. The highest BCUT2D eigenvalue weighted by Crippen LogP contribution is 2.03. The highest BCUT2D eigenvalue weighted by atomic mass is 19.1. The Morgan fingerprint density at radius 3 is 3.00 bits per heavy atom. The van der Waals surface area contributed by atoms with E-state index in [9.17, 15) is 9.18 Å². The number of hydrogen-bond acceptors (Lipinski definition) is 3. The summed E-state index contributed by atoms with van der Waals surface area (Å²) in [4.78, 5) is 15.5. The molecule has 1 aromatic heterocycles. The molecule has 0 saturated carbocycles. The molecule has 1 heterocycles. The Labute approximate surface area is 97.1 Å². The Kier molecular flexibility index (Phi) is 3.13. The molecule has 0 bridgehead atoms. The molecule has 1 amide bonds. The van der Waals surface area contributed by atoms with Crippen molar-refractivity contribution in [2.24, 2.45) is 0 Å². The van der Waals surface area contributed by atoms with Crippen LogP contribution in [0.3, 0.4) is 0 Å². The van der Waals surface area contributed by atoms with Gasteiger partial charge in [-0.05, 0) is 24.6 Å². The van der Waals surface area contributed by atoms with Crippen molar-refractivity contribution in [2.75, 3.05) is 0 Å². The Bertz CT molecular complexity index is 538. The molecule has 6 heteroatoms. The Balaban J connectivity index is 1.97. The summed E-state index contributed by atoms with van der Waals surface area (Å²) in [5.74, 6) is -0.0658. The van der Waals surface area contributed by atoms with Crippen molar-refractivity contribution < 1.29 is 9.18 Å². The zero-order valence-electron chi connectivity index (χ0n) is 9.20. The number of aromatic amines is 1. The first-order valence-electron chi connectivity index (χ1n) is 5.07. The molecule has 5 nitrogen and oxygen atoms in total. The molecule has 0 saturated heterocycles. The van der Waals surface area contributed by atoms with Gasteiger partial charge in [-0.3, -0.25) is 9.89 Å². The number of aryl methyl sites for hydroxylation is 1. The molecule has 0 unspecified atom stereocenters. The fourth-order valence-corrected chi connectivity index (χ4v) is 1.35. The molecule has 0 radical (unpaired) electrons. The summed E-state index contributed by atoms with van der Waals surface area (Å²) in [5, 5.41) is 8.90. The highest BCUT2D eigenvalue weighted by Gasteiger charge is 2.10. The maximum Gasteiger partial charge on any atom is 0.291 e. The first kappa shape index (κ1) is 11.3. The Morgan fingerprint density at radius 2 is 2.35 bits per heavy atom. The molecule has 0 aliphatic carbocycles. The highest BCUT2D eigenvalue weighted by molar-refractivity contribution is 5.90. The summed E-state index contributed by atoms with van der Waals surface area (Å²) in [6, 6.07) is 6.04. The van der Waals surface area contributed by atoms with E-state index >= 15 is 0 Å². The van der Waals surface area contributed by atoms with Crippen LogP contribution in [0.25, 0.3) is 0 Å². The third kappa shape index (κ3) is 2.87. The molecular formula is C11H11FN4O. The third-order valence-corrected chi connectivity index (χ3v) is 2.14. The molecule has 2 N–H and O–H groups in total. The van der Waals surface area contributed by atoms with Crippen LogP contribution in [0.2, 0.25) is 0 Å². The number of carbonyl (C=O) groups excluding carboxylic acids is 1. The van der Waals surface area contributed by atoms with E-state index in [1.54, 1.807) is 19.1 Å². The Hall–Kier alpha value is -2.24. The number of hydrogen-bond donors (Lipinski definition) is 2. The number of H-pyrrole nitrogens is 1. The molecule has 0 fully saturated rings. The van der Waals surface area contributed by atoms with Crippen molar-refractivity contribution in [1.82, 2.24) is 20.5 Å². The summed E-state index contributed by atoms with van der Waals surface area (Å²) >= 11 is 0. The van der Waals surface area contributed by atoms with Gasteiger partial charge in [0.1, 0.15) is 11.6 Å². The lowest BCUT2D eigenvalue weighted by atomic mass is 10.2. The van der Waals surface area contributed by atoms with E-state index in [0.29, 0.717) is 11.4 Å². The van der Waals surface area contributed by atoms with Gasteiger partial charge in [-0.15, -0.1) is 5.10 Å². The summed E-state index contributed by atoms with van der Waals surface area (Å²) < 4.78 is 12.9.